The second-order valence-corrected chi connectivity index (χ2v) is 18.2. The molecule has 244 valence electrons. The van der Waals surface area contributed by atoms with Crippen LogP contribution in [0.5, 0.6) is 0 Å². The van der Waals surface area contributed by atoms with Gasteiger partial charge in [-0.25, -0.2) is 27.8 Å². The monoisotopic (exact) mass is 656 g/mol. The van der Waals surface area contributed by atoms with Gasteiger partial charge in [0.1, 0.15) is 17.8 Å². The number of hydrogen-bond donors (Lipinski definition) is 1. The second kappa shape index (κ2) is 11.8. The molecule has 0 saturated carbocycles. The van der Waals surface area contributed by atoms with E-state index in [9.17, 15) is 8.42 Å². The highest BCUT2D eigenvalue weighted by molar-refractivity contribution is 7.84. The van der Waals surface area contributed by atoms with Crippen LogP contribution < -0.4 is 9.62 Å². The van der Waals surface area contributed by atoms with Crippen LogP contribution in [0.2, 0.25) is 0 Å². The highest BCUT2D eigenvalue weighted by Crippen LogP contribution is 2.44. The maximum atomic E-state index is 13.1. The Morgan fingerprint density at radius 2 is 1.80 bits per heavy atom. The molecule has 6 rings (SSSR count). The van der Waals surface area contributed by atoms with E-state index in [0.717, 1.165) is 42.5 Å². The molecule has 2 aliphatic rings. The third-order valence-corrected chi connectivity index (χ3v) is 11.6. The molecule has 12 nitrogen and oxygen atoms in total. The number of aromatic nitrogens is 6. The fourth-order valence-electron chi connectivity index (χ4n) is 6.07. The van der Waals surface area contributed by atoms with Crippen molar-refractivity contribution in [3.05, 3.63) is 36.3 Å². The van der Waals surface area contributed by atoms with Crippen LogP contribution in [0.15, 0.2) is 30.6 Å². The summed E-state index contributed by atoms with van der Waals surface area (Å²) < 4.78 is 44.1. The van der Waals surface area contributed by atoms with E-state index >= 15 is 0 Å². The summed E-state index contributed by atoms with van der Waals surface area (Å²) in [5.74, 6) is 0.706. The zero-order valence-corrected chi connectivity index (χ0v) is 29.0. The number of nitrogens with zero attached hydrogens (tertiary/aromatic N) is 7. The van der Waals surface area contributed by atoms with Gasteiger partial charge in [0.15, 0.2) is 22.5 Å². The molecular formula is C31H44N8O4S2. The fourth-order valence-corrected chi connectivity index (χ4v) is 7.67. The molecule has 0 aliphatic carbocycles. The summed E-state index contributed by atoms with van der Waals surface area (Å²) in [6.07, 6.45) is 5.35. The van der Waals surface area contributed by atoms with Gasteiger partial charge in [0.25, 0.3) is 0 Å². The van der Waals surface area contributed by atoms with E-state index < -0.39 is 26.8 Å². The van der Waals surface area contributed by atoms with Gasteiger partial charge >= 0.3 is 0 Å². The van der Waals surface area contributed by atoms with Gasteiger partial charge in [-0.15, -0.1) is 0 Å². The van der Waals surface area contributed by atoms with Gasteiger partial charge in [-0.1, -0.05) is 0 Å². The van der Waals surface area contributed by atoms with Crippen molar-refractivity contribution >= 4 is 50.0 Å². The van der Waals surface area contributed by atoms with Crippen molar-refractivity contribution in [2.45, 2.75) is 89.6 Å². The van der Waals surface area contributed by atoms with Gasteiger partial charge in [0, 0.05) is 37.1 Å². The molecule has 1 spiro atoms. The predicted octanol–water partition coefficient (Wildman–Crippen LogP) is 4.11. The van der Waals surface area contributed by atoms with Crippen LogP contribution in [0.3, 0.4) is 0 Å². The number of fused-ring (bicyclic) bond motifs is 2. The standard InChI is InChI=1S/C31H44N8O4S2/c1-20-26(36-44(40)29(2,3)4)31(19-42-20)11-13-38(14-12-31)27-25(18-43-45(41)30(5,6)7)34-28-24(33-27)16-32-39(28)22-10-9-21-17-37(8)35-23(21)15-22/h9-10,15-17,20,26,36H,11-14,18-19H2,1-8H3/t20-,26+,44?,45?/m0/s1. The highest BCUT2D eigenvalue weighted by Gasteiger charge is 2.51. The first kappa shape index (κ1) is 32.2. The Hall–Kier alpha value is -2.78. The molecule has 0 amide bonds. The molecule has 4 atom stereocenters. The molecule has 0 bridgehead atoms. The van der Waals surface area contributed by atoms with Gasteiger partial charge in [0.05, 0.1) is 56.6 Å². The van der Waals surface area contributed by atoms with Crippen LogP contribution in [-0.2, 0) is 44.6 Å². The van der Waals surface area contributed by atoms with Crippen molar-refractivity contribution in [3.8, 4) is 5.69 Å². The van der Waals surface area contributed by atoms with Crippen molar-refractivity contribution < 1.29 is 17.3 Å². The van der Waals surface area contributed by atoms with Gasteiger partial charge < -0.3 is 9.64 Å². The van der Waals surface area contributed by atoms with E-state index in [0.29, 0.717) is 29.3 Å². The smallest absolute Gasteiger partial charge is 0.182 e. The van der Waals surface area contributed by atoms with E-state index in [4.69, 9.17) is 18.9 Å². The molecular weight excluding hydrogens is 613 g/mol. The van der Waals surface area contributed by atoms with Crippen LogP contribution in [-0.4, -0.2) is 79.3 Å². The van der Waals surface area contributed by atoms with E-state index in [1.165, 1.54) is 0 Å². The lowest BCUT2D eigenvalue weighted by atomic mass is 9.73. The molecule has 2 aliphatic heterocycles. The molecule has 5 heterocycles. The summed E-state index contributed by atoms with van der Waals surface area (Å²) in [4.78, 5) is 12.3. The Bertz CT molecular complexity index is 1760. The lowest BCUT2D eigenvalue weighted by molar-refractivity contribution is 0.0973. The molecule has 0 radical (unpaired) electrons. The SMILES string of the molecule is C[C@@H]1OCC2(CCN(c3nc4cnn(-c5ccc6cn(C)nc6c5)c4nc3COS(=O)C(C)(C)C)CC2)[C@@H]1NS(=O)C(C)(C)C. The van der Waals surface area contributed by atoms with Crippen LogP contribution in [0.4, 0.5) is 5.82 Å². The van der Waals surface area contributed by atoms with Crippen molar-refractivity contribution in [1.29, 1.82) is 0 Å². The minimum absolute atomic E-state index is 0.0139. The third kappa shape index (κ3) is 6.31. The number of ether oxygens (including phenoxy) is 1. The number of piperidine rings is 1. The maximum Gasteiger partial charge on any atom is 0.182 e. The molecule has 2 fully saturated rings. The van der Waals surface area contributed by atoms with E-state index in [2.05, 4.69) is 26.7 Å². The van der Waals surface area contributed by atoms with Crippen LogP contribution in [0, 0.1) is 5.41 Å². The van der Waals surface area contributed by atoms with Gasteiger partial charge in [-0.3, -0.25) is 8.86 Å². The normalized spacial score (nSPS) is 22.1. The minimum atomic E-state index is -1.53. The van der Waals surface area contributed by atoms with Gasteiger partial charge in [-0.2, -0.15) is 10.2 Å². The number of nitrogens with one attached hydrogen (secondary N) is 1. The van der Waals surface area contributed by atoms with Crippen molar-refractivity contribution in [2.75, 3.05) is 24.6 Å². The molecule has 2 unspecified atom stereocenters. The average Bonchev–Trinajstić information content (AvgIpc) is 3.65. The average molecular weight is 657 g/mol. The summed E-state index contributed by atoms with van der Waals surface area (Å²) in [5, 5.41) is 10.2. The lowest BCUT2D eigenvalue weighted by Gasteiger charge is -2.43. The summed E-state index contributed by atoms with van der Waals surface area (Å²) in [6, 6.07) is 5.97. The number of aryl methyl sites for hydroxylation is 1. The Kier molecular flexibility index (Phi) is 8.43. The zero-order chi connectivity index (χ0) is 32.3. The Morgan fingerprint density at radius 1 is 1.07 bits per heavy atom. The zero-order valence-electron chi connectivity index (χ0n) is 27.4. The van der Waals surface area contributed by atoms with E-state index in [-0.39, 0.29) is 28.9 Å². The molecule has 1 N–H and O–H groups in total. The van der Waals surface area contributed by atoms with Crippen molar-refractivity contribution in [2.24, 2.45) is 12.5 Å². The number of rotatable bonds is 7. The Labute approximate surface area is 269 Å². The molecule has 3 aromatic heterocycles. The second-order valence-electron chi connectivity index (χ2n) is 14.3. The first-order valence-electron chi connectivity index (χ1n) is 15.4. The molecule has 1 aromatic carbocycles. The number of benzene rings is 1. The number of anilines is 1. The Balaban J connectivity index is 1.31. The first-order valence-corrected chi connectivity index (χ1v) is 17.7. The predicted molar refractivity (Wildman–Crippen MR) is 178 cm³/mol. The molecule has 2 saturated heterocycles. The van der Waals surface area contributed by atoms with Gasteiger partial charge in [-0.05, 0) is 79.5 Å². The first-order chi connectivity index (χ1) is 21.1. The summed E-state index contributed by atoms with van der Waals surface area (Å²) in [7, 11) is 0.698. The third-order valence-electron chi connectivity index (χ3n) is 8.71. The van der Waals surface area contributed by atoms with Crippen LogP contribution in [0.1, 0.15) is 67.0 Å². The number of hydrogen-bond acceptors (Lipinski definition) is 9. The minimum Gasteiger partial charge on any atom is -0.376 e. The molecule has 14 heteroatoms. The lowest BCUT2D eigenvalue weighted by Crippen LogP contribution is -2.55. The molecule has 45 heavy (non-hydrogen) atoms. The quantitative estimate of drug-likeness (QED) is 0.313. The summed E-state index contributed by atoms with van der Waals surface area (Å²) in [5.41, 5.74) is 3.41. The van der Waals surface area contributed by atoms with E-state index in [1.807, 2.05) is 73.0 Å². The topological polar surface area (TPSA) is 129 Å². The van der Waals surface area contributed by atoms with Gasteiger partial charge in [0.2, 0.25) is 0 Å². The van der Waals surface area contributed by atoms with Crippen LogP contribution >= 0.6 is 0 Å². The van der Waals surface area contributed by atoms with Crippen LogP contribution in [0.25, 0.3) is 27.8 Å². The largest absolute Gasteiger partial charge is 0.376 e. The summed E-state index contributed by atoms with van der Waals surface area (Å²) in [6.45, 7) is 15.8. The highest BCUT2D eigenvalue weighted by atomic mass is 32.2. The van der Waals surface area contributed by atoms with Crippen molar-refractivity contribution in [1.82, 2.24) is 34.3 Å². The summed E-state index contributed by atoms with van der Waals surface area (Å²) >= 11 is -1.53. The van der Waals surface area contributed by atoms with Crippen molar-refractivity contribution in [3.63, 3.8) is 0 Å². The fraction of sp³-hybridized carbons (Fsp3) is 0.613. The molecule has 4 aromatic rings. The van der Waals surface area contributed by atoms with E-state index in [1.54, 1.807) is 15.6 Å². The maximum absolute atomic E-state index is 13.1. The Morgan fingerprint density at radius 3 is 2.49 bits per heavy atom.